The van der Waals surface area contributed by atoms with Gasteiger partial charge < -0.3 is 5.32 Å². The molecule has 0 atom stereocenters. The third kappa shape index (κ3) is 5.81. The van der Waals surface area contributed by atoms with Gasteiger partial charge in [-0.1, -0.05) is 29.4 Å². The van der Waals surface area contributed by atoms with Crippen LogP contribution in [0.25, 0.3) is 0 Å². The van der Waals surface area contributed by atoms with E-state index in [1.165, 1.54) is 0 Å². The number of rotatable bonds is 4. The van der Waals surface area contributed by atoms with Crippen LogP contribution in [-0.2, 0) is 6.18 Å². The molecular formula is C21H10ClF7N2O2S. The summed E-state index contributed by atoms with van der Waals surface area (Å²) >= 11 is 6.34. The largest absolute Gasteiger partial charge is 0.416 e. The second kappa shape index (κ2) is 9.94. The van der Waals surface area contributed by atoms with Crippen LogP contribution in [-0.4, -0.2) is 11.9 Å². The van der Waals surface area contributed by atoms with Crippen molar-refractivity contribution in [3.8, 4) is 0 Å². The average molecular weight is 523 g/mol. The summed E-state index contributed by atoms with van der Waals surface area (Å²) in [5, 5.41) is 3.06. The Labute approximate surface area is 196 Å². The van der Waals surface area contributed by atoms with Crippen LogP contribution in [0.3, 0.4) is 0 Å². The number of nitrogens with one attached hydrogen (secondary N) is 2. The van der Waals surface area contributed by atoms with E-state index in [-0.39, 0.29) is 14.8 Å². The van der Waals surface area contributed by atoms with E-state index >= 15 is 0 Å². The number of alkyl halides is 3. The molecule has 0 spiro atoms. The third-order valence-electron chi connectivity index (χ3n) is 4.17. The predicted molar refractivity (Wildman–Crippen MR) is 110 cm³/mol. The molecule has 0 bridgehead atoms. The smallest absolute Gasteiger partial charge is 0.305 e. The first-order valence-electron chi connectivity index (χ1n) is 8.97. The zero-order valence-corrected chi connectivity index (χ0v) is 17.9. The van der Waals surface area contributed by atoms with E-state index in [9.17, 15) is 40.3 Å². The lowest BCUT2D eigenvalue weighted by molar-refractivity contribution is -0.137. The van der Waals surface area contributed by atoms with E-state index in [4.69, 9.17) is 11.6 Å². The molecule has 0 saturated heterocycles. The topological polar surface area (TPSA) is 58.2 Å². The van der Waals surface area contributed by atoms with Crippen LogP contribution < -0.4 is 10.6 Å². The van der Waals surface area contributed by atoms with Gasteiger partial charge in [-0.3, -0.25) is 10.1 Å². The molecule has 34 heavy (non-hydrogen) atoms. The Hall–Kier alpha value is -3.25. The van der Waals surface area contributed by atoms with Crippen LogP contribution in [0.1, 0.15) is 15.9 Å². The van der Waals surface area contributed by atoms with Gasteiger partial charge in [0.05, 0.1) is 21.2 Å². The summed E-state index contributed by atoms with van der Waals surface area (Å²) < 4.78 is 94.3. The number of anilines is 1. The number of benzene rings is 3. The van der Waals surface area contributed by atoms with Gasteiger partial charge in [-0.15, -0.1) is 0 Å². The fourth-order valence-electron chi connectivity index (χ4n) is 2.61. The highest BCUT2D eigenvalue weighted by molar-refractivity contribution is 7.99. The molecule has 3 aromatic carbocycles. The highest BCUT2D eigenvalue weighted by Gasteiger charge is 2.31. The van der Waals surface area contributed by atoms with Crippen LogP contribution in [0, 0.1) is 23.3 Å². The van der Waals surface area contributed by atoms with Crippen molar-refractivity contribution in [2.45, 2.75) is 16.0 Å². The first-order chi connectivity index (χ1) is 15.9. The predicted octanol–water partition coefficient (Wildman–Crippen LogP) is 7.03. The van der Waals surface area contributed by atoms with Gasteiger partial charge in [0.1, 0.15) is 28.8 Å². The zero-order valence-electron chi connectivity index (χ0n) is 16.4. The quantitative estimate of drug-likeness (QED) is 0.362. The van der Waals surface area contributed by atoms with Crippen molar-refractivity contribution < 1.29 is 40.3 Å². The molecule has 4 nitrogen and oxygen atoms in total. The van der Waals surface area contributed by atoms with Crippen molar-refractivity contribution in [3.05, 3.63) is 87.9 Å². The fourth-order valence-corrected chi connectivity index (χ4v) is 3.76. The SMILES string of the molecule is O=C(NC(=O)c1c(F)cccc1F)Nc1cc(F)c(Sc2ccc(C(F)(F)F)cc2Cl)cc1F. The van der Waals surface area contributed by atoms with E-state index < -0.39 is 58.2 Å². The highest BCUT2D eigenvalue weighted by atomic mass is 35.5. The molecule has 0 aromatic heterocycles. The summed E-state index contributed by atoms with van der Waals surface area (Å²) in [6, 6.07) is 4.68. The van der Waals surface area contributed by atoms with Gasteiger partial charge in [-0.2, -0.15) is 13.2 Å². The number of hydrogen-bond acceptors (Lipinski definition) is 3. The second-order valence-corrected chi connectivity index (χ2v) is 8.00. The number of imide groups is 1. The lowest BCUT2D eigenvalue weighted by atomic mass is 10.2. The second-order valence-electron chi connectivity index (χ2n) is 6.51. The molecule has 0 fully saturated rings. The van der Waals surface area contributed by atoms with E-state index in [0.717, 1.165) is 30.3 Å². The summed E-state index contributed by atoms with van der Waals surface area (Å²) in [5.41, 5.74) is -2.80. The maximum Gasteiger partial charge on any atom is 0.416 e. The molecule has 0 saturated carbocycles. The van der Waals surface area contributed by atoms with Crippen LogP contribution >= 0.6 is 23.4 Å². The molecule has 13 heteroatoms. The summed E-state index contributed by atoms with van der Waals surface area (Å²) in [4.78, 5) is 23.5. The Kier molecular flexibility index (Phi) is 7.41. The molecular weight excluding hydrogens is 513 g/mol. The summed E-state index contributed by atoms with van der Waals surface area (Å²) in [6.45, 7) is 0. The number of hydrogen-bond donors (Lipinski definition) is 2. The monoisotopic (exact) mass is 522 g/mol. The minimum atomic E-state index is -4.64. The Morgan fingerprint density at radius 2 is 1.47 bits per heavy atom. The molecule has 3 aromatic rings. The van der Waals surface area contributed by atoms with E-state index in [1.807, 2.05) is 5.32 Å². The van der Waals surface area contributed by atoms with Gasteiger partial charge in [-0.25, -0.2) is 22.4 Å². The average Bonchev–Trinajstić information content (AvgIpc) is 2.72. The van der Waals surface area contributed by atoms with Crippen LogP contribution in [0.2, 0.25) is 5.02 Å². The van der Waals surface area contributed by atoms with Crippen molar-refractivity contribution in [2.24, 2.45) is 0 Å². The van der Waals surface area contributed by atoms with Crippen molar-refractivity contribution in [1.82, 2.24) is 5.32 Å². The number of amides is 3. The maximum atomic E-state index is 14.5. The maximum absolute atomic E-state index is 14.5. The van der Waals surface area contributed by atoms with E-state index in [0.29, 0.717) is 30.0 Å². The molecule has 0 radical (unpaired) electrons. The number of carbonyl (C=O) groups is 2. The lowest BCUT2D eigenvalue weighted by Crippen LogP contribution is -2.35. The zero-order chi connectivity index (χ0) is 25.2. The van der Waals surface area contributed by atoms with Crippen molar-refractivity contribution in [1.29, 1.82) is 0 Å². The first kappa shape index (κ1) is 25.4. The van der Waals surface area contributed by atoms with Gasteiger partial charge in [0.25, 0.3) is 5.91 Å². The molecule has 0 unspecified atom stereocenters. The normalized spacial score (nSPS) is 11.3. The fraction of sp³-hybridized carbons (Fsp3) is 0.0476. The molecule has 0 aliphatic carbocycles. The Balaban J connectivity index is 1.74. The van der Waals surface area contributed by atoms with E-state index in [1.54, 1.807) is 5.32 Å². The van der Waals surface area contributed by atoms with Crippen molar-refractivity contribution >= 4 is 41.0 Å². The third-order valence-corrected chi connectivity index (χ3v) is 5.70. The van der Waals surface area contributed by atoms with Crippen molar-refractivity contribution in [2.75, 3.05) is 5.32 Å². The summed E-state index contributed by atoms with van der Waals surface area (Å²) in [7, 11) is 0. The minimum Gasteiger partial charge on any atom is -0.305 e. The number of halogens is 8. The molecule has 2 N–H and O–H groups in total. The molecule has 3 rings (SSSR count). The summed E-state index contributed by atoms with van der Waals surface area (Å²) in [5.74, 6) is -6.20. The highest BCUT2D eigenvalue weighted by Crippen LogP contribution is 2.39. The number of urea groups is 1. The van der Waals surface area contributed by atoms with E-state index in [2.05, 4.69) is 0 Å². The summed E-state index contributed by atoms with van der Waals surface area (Å²) in [6.07, 6.45) is -4.64. The first-order valence-corrected chi connectivity index (χ1v) is 10.2. The Morgan fingerprint density at radius 3 is 2.06 bits per heavy atom. The van der Waals surface area contributed by atoms with Gasteiger partial charge in [-0.05, 0) is 36.4 Å². The van der Waals surface area contributed by atoms with Gasteiger partial charge in [0, 0.05) is 11.0 Å². The van der Waals surface area contributed by atoms with Crippen LogP contribution in [0.15, 0.2) is 58.3 Å². The Bertz CT molecular complexity index is 1260. The number of carbonyl (C=O) groups excluding carboxylic acids is 2. The molecule has 178 valence electrons. The van der Waals surface area contributed by atoms with Gasteiger partial charge in [0.15, 0.2) is 0 Å². The van der Waals surface area contributed by atoms with Crippen molar-refractivity contribution in [3.63, 3.8) is 0 Å². The molecule has 0 heterocycles. The molecule has 0 aliphatic heterocycles. The molecule has 0 aliphatic rings. The minimum absolute atomic E-state index is 0.00364. The van der Waals surface area contributed by atoms with Gasteiger partial charge in [0.2, 0.25) is 0 Å². The lowest BCUT2D eigenvalue weighted by Gasteiger charge is -2.12. The van der Waals surface area contributed by atoms with Gasteiger partial charge >= 0.3 is 12.2 Å². The van der Waals surface area contributed by atoms with Crippen LogP contribution in [0.5, 0.6) is 0 Å². The van der Waals surface area contributed by atoms with Crippen LogP contribution in [0.4, 0.5) is 41.2 Å². The standard InChI is InChI=1S/C21H10ClF7N2O2S/c22-10-6-9(21(27,28)29)4-5-16(10)34-17-8-13(25)15(7-14(17)26)30-20(33)31-19(32)18-11(23)2-1-3-12(18)24/h1-8H,(H2,30,31,32,33). The Morgan fingerprint density at radius 1 is 0.824 bits per heavy atom. The molecule has 3 amide bonds.